The third-order valence-corrected chi connectivity index (χ3v) is 4.98. The Balaban J connectivity index is 1.50. The van der Waals surface area contributed by atoms with E-state index in [0.717, 1.165) is 41.4 Å². The van der Waals surface area contributed by atoms with Crippen LogP contribution < -0.4 is 10.1 Å². The molecular weight excluding hydrogens is 310 g/mol. The summed E-state index contributed by atoms with van der Waals surface area (Å²) in [4.78, 5) is 20.7. The van der Waals surface area contributed by atoms with Crippen molar-refractivity contribution in [3.8, 4) is 5.88 Å². The van der Waals surface area contributed by atoms with E-state index in [1.54, 1.807) is 18.4 Å². The number of methoxy groups -OCH3 is 1. The Labute approximate surface area is 140 Å². The van der Waals surface area contributed by atoms with Crippen LogP contribution in [-0.2, 0) is 6.54 Å². The van der Waals surface area contributed by atoms with Gasteiger partial charge in [-0.25, -0.2) is 4.98 Å². The lowest BCUT2D eigenvalue weighted by Crippen LogP contribution is -2.36. The molecule has 2 aromatic heterocycles. The summed E-state index contributed by atoms with van der Waals surface area (Å²) in [6, 6.07) is 8.01. The zero-order valence-corrected chi connectivity index (χ0v) is 14.2. The third-order valence-electron chi connectivity index (χ3n) is 3.98. The lowest BCUT2D eigenvalue weighted by Gasteiger charge is -2.16. The number of hydrogen-bond acceptors (Lipinski definition) is 5. The molecule has 5 nitrogen and oxygen atoms in total. The Morgan fingerprint density at radius 1 is 1.43 bits per heavy atom. The van der Waals surface area contributed by atoms with E-state index >= 15 is 0 Å². The van der Waals surface area contributed by atoms with E-state index in [2.05, 4.69) is 15.2 Å². The highest BCUT2D eigenvalue weighted by atomic mass is 32.1. The Kier molecular flexibility index (Phi) is 4.93. The van der Waals surface area contributed by atoms with Crippen molar-refractivity contribution in [1.82, 2.24) is 15.2 Å². The molecule has 1 N–H and O–H groups in total. The van der Waals surface area contributed by atoms with Gasteiger partial charge >= 0.3 is 0 Å². The smallest absolute Gasteiger partial charge is 0.261 e. The monoisotopic (exact) mass is 331 g/mol. The van der Waals surface area contributed by atoms with Crippen molar-refractivity contribution < 1.29 is 9.53 Å². The minimum Gasteiger partial charge on any atom is -0.481 e. The van der Waals surface area contributed by atoms with E-state index in [9.17, 15) is 4.79 Å². The highest BCUT2D eigenvalue weighted by Gasteiger charge is 2.24. The SMILES string of the molecule is COc1ccc(CN2CC[C@@H](NC(=O)c3ccc(C)s3)C2)cn1. The predicted octanol–water partition coefficient (Wildman–Crippen LogP) is 2.46. The summed E-state index contributed by atoms with van der Waals surface area (Å²) in [5, 5.41) is 3.14. The molecule has 3 heterocycles. The van der Waals surface area contributed by atoms with Gasteiger partial charge in [-0.05, 0) is 31.0 Å². The maximum Gasteiger partial charge on any atom is 0.261 e. The Morgan fingerprint density at radius 3 is 2.96 bits per heavy atom. The van der Waals surface area contributed by atoms with Crippen molar-refractivity contribution in [2.24, 2.45) is 0 Å². The van der Waals surface area contributed by atoms with Gasteiger partial charge in [0, 0.05) is 42.8 Å². The van der Waals surface area contributed by atoms with Crippen LogP contribution in [-0.4, -0.2) is 42.0 Å². The quantitative estimate of drug-likeness (QED) is 0.914. The average Bonchev–Trinajstić information content (AvgIpc) is 3.17. The number of carbonyl (C=O) groups is 1. The molecule has 0 bridgehead atoms. The number of amides is 1. The Morgan fingerprint density at radius 2 is 2.30 bits per heavy atom. The third kappa shape index (κ3) is 4.09. The van der Waals surface area contributed by atoms with Crippen molar-refractivity contribution in [1.29, 1.82) is 0 Å². The van der Waals surface area contributed by atoms with Gasteiger partial charge in [0.15, 0.2) is 0 Å². The molecule has 1 atom stereocenters. The van der Waals surface area contributed by atoms with Gasteiger partial charge in [0.25, 0.3) is 5.91 Å². The van der Waals surface area contributed by atoms with Crippen LogP contribution in [0.5, 0.6) is 5.88 Å². The predicted molar refractivity (Wildman–Crippen MR) is 91.0 cm³/mol. The number of nitrogens with one attached hydrogen (secondary N) is 1. The summed E-state index contributed by atoms with van der Waals surface area (Å²) < 4.78 is 5.07. The Hall–Kier alpha value is -1.92. The minimum atomic E-state index is 0.0427. The maximum absolute atomic E-state index is 12.2. The molecule has 1 aliphatic heterocycles. The standard InChI is InChI=1S/C17H21N3O2S/c1-12-3-5-15(23-12)17(21)19-14-7-8-20(11-14)10-13-4-6-16(22-2)18-9-13/h3-6,9,14H,7-8,10-11H2,1-2H3,(H,19,21)/t14-/m1/s1. The molecule has 23 heavy (non-hydrogen) atoms. The maximum atomic E-state index is 12.2. The highest BCUT2D eigenvalue weighted by Crippen LogP contribution is 2.18. The number of hydrogen-bond donors (Lipinski definition) is 1. The largest absolute Gasteiger partial charge is 0.481 e. The van der Waals surface area contributed by atoms with Crippen LogP contribution in [0.25, 0.3) is 0 Å². The van der Waals surface area contributed by atoms with Crippen LogP contribution in [0.4, 0.5) is 0 Å². The van der Waals surface area contributed by atoms with Crippen LogP contribution in [0.2, 0.25) is 0 Å². The number of nitrogens with zero attached hydrogens (tertiary/aromatic N) is 2. The van der Waals surface area contributed by atoms with E-state index in [4.69, 9.17) is 4.74 Å². The summed E-state index contributed by atoms with van der Waals surface area (Å²) in [6.07, 6.45) is 2.83. The Bertz CT molecular complexity index is 669. The van der Waals surface area contributed by atoms with Crippen LogP contribution >= 0.6 is 11.3 Å². The van der Waals surface area contributed by atoms with E-state index in [1.807, 2.05) is 37.4 Å². The van der Waals surface area contributed by atoms with Crippen molar-refractivity contribution in [2.45, 2.75) is 25.9 Å². The van der Waals surface area contributed by atoms with Crippen LogP contribution in [0.15, 0.2) is 30.5 Å². The van der Waals surface area contributed by atoms with Crippen LogP contribution in [0.3, 0.4) is 0 Å². The first kappa shape index (κ1) is 16.0. The second-order valence-electron chi connectivity index (χ2n) is 5.81. The summed E-state index contributed by atoms with van der Waals surface area (Å²) >= 11 is 1.54. The van der Waals surface area contributed by atoms with Crippen molar-refractivity contribution in [3.63, 3.8) is 0 Å². The van der Waals surface area contributed by atoms with Crippen molar-refractivity contribution >= 4 is 17.2 Å². The van der Waals surface area contributed by atoms with Gasteiger partial charge in [0.1, 0.15) is 0 Å². The zero-order chi connectivity index (χ0) is 16.2. The minimum absolute atomic E-state index is 0.0427. The molecular formula is C17H21N3O2S. The number of thiophene rings is 1. The first-order valence-electron chi connectivity index (χ1n) is 7.72. The summed E-state index contributed by atoms with van der Waals surface area (Å²) in [5.74, 6) is 0.674. The molecule has 0 aliphatic carbocycles. The molecule has 122 valence electrons. The zero-order valence-electron chi connectivity index (χ0n) is 13.4. The molecule has 0 aromatic carbocycles. The molecule has 1 saturated heterocycles. The summed E-state index contributed by atoms with van der Waals surface area (Å²) in [6.45, 7) is 4.73. The second kappa shape index (κ2) is 7.10. The fourth-order valence-electron chi connectivity index (χ4n) is 2.79. The molecule has 0 unspecified atom stereocenters. The molecule has 3 rings (SSSR count). The van der Waals surface area contributed by atoms with Gasteiger partial charge in [-0.1, -0.05) is 6.07 Å². The lowest BCUT2D eigenvalue weighted by atomic mass is 10.2. The van der Waals surface area contributed by atoms with Crippen LogP contribution in [0.1, 0.15) is 26.5 Å². The van der Waals surface area contributed by atoms with Gasteiger partial charge in [-0.2, -0.15) is 0 Å². The molecule has 1 fully saturated rings. The van der Waals surface area contributed by atoms with E-state index in [1.165, 1.54) is 0 Å². The number of rotatable bonds is 5. The van der Waals surface area contributed by atoms with Gasteiger partial charge in [0.05, 0.1) is 12.0 Å². The van der Waals surface area contributed by atoms with E-state index in [-0.39, 0.29) is 11.9 Å². The van der Waals surface area contributed by atoms with Gasteiger partial charge in [0.2, 0.25) is 5.88 Å². The molecule has 1 amide bonds. The number of aromatic nitrogens is 1. The van der Waals surface area contributed by atoms with Crippen molar-refractivity contribution in [2.75, 3.05) is 20.2 Å². The molecule has 1 aliphatic rings. The number of carbonyl (C=O) groups excluding carboxylic acids is 1. The molecule has 0 spiro atoms. The van der Waals surface area contributed by atoms with E-state index in [0.29, 0.717) is 5.88 Å². The number of ether oxygens (including phenoxy) is 1. The molecule has 6 heteroatoms. The van der Waals surface area contributed by atoms with E-state index < -0.39 is 0 Å². The topological polar surface area (TPSA) is 54.5 Å². The number of likely N-dealkylation sites (tertiary alicyclic amines) is 1. The second-order valence-corrected chi connectivity index (χ2v) is 7.10. The normalized spacial score (nSPS) is 18.1. The number of pyridine rings is 1. The lowest BCUT2D eigenvalue weighted by molar-refractivity contribution is 0.0941. The number of aryl methyl sites for hydroxylation is 1. The molecule has 0 radical (unpaired) electrons. The fourth-order valence-corrected chi connectivity index (χ4v) is 3.56. The molecule has 2 aromatic rings. The molecule has 0 saturated carbocycles. The fraction of sp³-hybridized carbons (Fsp3) is 0.412. The van der Waals surface area contributed by atoms with Gasteiger partial charge in [-0.15, -0.1) is 11.3 Å². The first-order valence-corrected chi connectivity index (χ1v) is 8.54. The highest BCUT2D eigenvalue weighted by molar-refractivity contribution is 7.13. The summed E-state index contributed by atoms with van der Waals surface area (Å²) in [5.41, 5.74) is 1.16. The van der Waals surface area contributed by atoms with Crippen molar-refractivity contribution in [3.05, 3.63) is 45.8 Å². The average molecular weight is 331 g/mol. The van der Waals surface area contributed by atoms with Gasteiger partial charge < -0.3 is 10.1 Å². The summed E-state index contributed by atoms with van der Waals surface area (Å²) in [7, 11) is 1.62. The van der Waals surface area contributed by atoms with Crippen LogP contribution in [0, 0.1) is 6.92 Å². The first-order chi connectivity index (χ1) is 11.1. The van der Waals surface area contributed by atoms with Gasteiger partial charge in [-0.3, -0.25) is 9.69 Å².